The number of hydrogen-bond acceptors (Lipinski definition) is 9. The van der Waals surface area contributed by atoms with Crippen molar-refractivity contribution >= 4 is 29.1 Å². The van der Waals surface area contributed by atoms with Crippen LogP contribution in [0.1, 0.15) is 71.1 Å². The van der Waals surface area contributed by atoms with E-state index < -0.39 is 23.1 Å². The second kappa shape index (κ2) is 12.8. The fraction of sp³-hybridized carbons (Fsp3) is 0.486. The molecule has 3 aliphatic heterocycles. The Labute approximate surface area is 285 Å². The van der Waals surface area contributed by atoms with Crippen LogP contribution in [0, 0.1) is 11.8 Å². The molecule has 1 aliphatic carbocycles. The van der Waals surface area contributed by atoms with Crippen LogP contribution < -0.4 is 24.3 Å². The molecule has 0 bridgehead atoms. The van der Waals surface area contributed by atoms with Crippen molar-refractivity contribution in [3.8, 4) is 34.3 Å². The standard InChI is InChI=1S/C37H41ClN2O8/c1-20-16-27-30(35(42)37(20)36(43)31-26(45-3)18-28(46-4)32(38)34(31)48-37)24(33(47-27)21-10-12-23(44-2)13-11-21)17-29(41)39-19-22-8-7-15-40-14-6-5-9-25(22)40/h10-13,18,20,22,25H,5-9,14-17,19H2,1-4H3,(H,39,41). The summed E-state index contributed by atoms with van der Waals surface area (Å²) in [6.07, 6.45) is 5.93. The highest BCUT2D eigenvalue weighted by Gasteiger charge is 2.63. The number of nitrogens with zero attached hydrogens (tertiary/aromatic N) is 1. The second-order valence-corrected chi connectivity index (χ2v) is 13.7. The first-order valence-electron chi connectivity index (χ1n) is 16.7. The largest absolute Gasteiger partial charge is 0.497 e. The van der Waals surface area contributed by atoms with Crippen molar-refractivity contribution in [2.45, 2.75) is 63.5 Å². The molecule has 1 aromatic heterocycles. The van der Waals surface area contributed by atoms with E-state index in [0.717, 1.165) is 32.4 Å². The minimum Gasteiger partial charge on any atom is -0.497 e. The SMILES string of the molecule is COc1ccc(-c2oc3c(c2CC(=O)NCC2CCCN4CCCCC24)C(=O)C2(Oc4c(Cl)c(OC)cc(OC)c4C2=O)C(C)C3)cc1. The van der Waals surface area contributed by atoms with Crippen LogP contribution in [0.2, 0.25) is 5.02 Å². The zero-order chi connectivity index (χ0) is 33.7. The van der Waals surface area contributed by atoms with Gasteiger partial charge in [-0.25, -0.2) is 0 Å². The predicted molar refractivity (Wildman–Crippen MR) is 179 cm³/mol. The summed E-state index contributed by atoms with van der Waals surface area (Å²) in [6, 6.07) is 9.26. The highest BCUT2D eigenvalue weighted by Crippen LogP contribution is 2.54. The number of ether oxygens (including phenoxy) is 4. The Kier molecular flexibility index (Phi) is 8.66. The Bertz CT molecular complexity index is 1770. The van der Waals surface area contributed by atoms with Crippen LogP contribution in [0.25, 0.3) is 11.3 Å². The number of furan rings is 1. The molecule has 1 N–H and O–H groups in total. The van der Waals surface area contributed by atoms with Crippen LogP contribution in [0.15, 0.2) is 34.7 Å². The van der Waals surface area contributed by atoms with Gasteiger partial charge in [0.2, 0.25) is 23.1 Å². The molecule has 1 spiro atoms. The van der Waals surface area contributed by atoms with Crippen molar-refractivity contribution < 1.29 is 37.7 Å². The number of carbonyl (C=O) groups excluding carboxylic acids is 3. The molecule has 48 heavy (non-hydrogen) atoms. The molecular formula is C37H41ClN2O8. The third kappa shape index (κ3) is 5.15. The van der Waals surface area contributed by atoms with Gasteiger partial charge in [-0.3, -0.25) is 14.4 Å². The van der Waals surface area contributed by atoms with E-state index in [-0.39, 0.29) is 52.1 Å². The van der Waals surface area contributed by atoms with Gasteiger partial charge >= 0.3 is 0 Å². The predicted octanol–water partition coefficient (Wildman–Crippen LogP) is 5.94. The van der Waals surface area contributed by atoms with E-state index in [1.165, 1.54) is 33.1 Å². The van der Waals surface area contributed by atoms with Gasteiger partial charge in [0, 0.05) is 42.1 Å². The van der Waals surface area contributed by atoms with E-state index in [9.17, 15) is 14.4 Å². The third-order valence-corrected chi connectivity index (χ3v) is 11.1. The molecule has 4 heterocycles. The molecule has 11 heteroatoms. The molecule has 0 saturated carbocycles. The lowest BCUT2D eigenvalue weighted by atomic mass is 9.70. The summed E-state index contributed by atoms with van der Waals surface area (Å²) in [4.78, 5) is 45.5. The Balaban J connectivity index is 1.25. The van der Waals surface area contributed by atoms with Gasteiger partial charge in [-0.15, -0.1) is 0 Å². The number of fused-ring (bicyclic) bond motifs is 3. The first kappa shape index (κ1) is 32.5. The average Bonchev–Trinajstić information content (AvgIpc) is 3.62. The van der Waals surface area contributed by atoms with Crippen molar-refractivity contribution in [3.63, 3.8) is 0 Å². The number of ketones is 2. The molecule has 4 unspecified atom stereocenters. The Morgan fingerprint density at radius 2 is 1.71 bits per heavy atom. The Hall–Kier alpha value is -4.02. The Morgan fingerprint density at radius 1 is 0.979 bits per heavy atom. The first-order chi connectivity index (χ1) is 23.2. The second-order valence-electron chi connectivity index (χ2n) is 13.3. The van der Waals surface area contributed by atoms with Crippen molar-refractivity contribution in [2.24, 2.45) is 11.8 Å². The number of carbonyl (C=O) groups is 3. The van der Waals surface area contributed by atoms with E-state index in [2.05, 4.69) is 10.2 Å². The number of Topliss-reactive ketones (excluding diaryl/α,β-unsaturated/α-hetero) is 2. The van der Waals surface area contributed by atoms with Gasteiger partial charge in [0.15, 0.2) is 5.75 Å². The number of methoxy groups -OCH3 is 3. The topological polar surface area (TPSA) is 117 Å². The number of benzene rings is 2. The smallest absolute Gasteiger partial charge is 0.237 e. The maximum atomic E-state index is 14.8. The summed E-state index contributed by atoms with van der Waals surface area (Å²) >= 11 is 6.64. The van der Waals surface area contributed by atoms with Crippen LogP contribution in [0.4, 0.5) is 0 Å². The van der Waals surface area contributed by atoms with Crippen molar-refractivity contribution in [1.82, 2.24) is 10.2 Å². The fourth-order valence-corrected chi connectivity index (χ4v) is 8.52. The number of amides is 1. The summed E-state index contributed by atoms with van der Waals surface area (Å²) in [5, 5.41) is 3.26. The van der Waals surface area contributed by atoms with Gasteiger partial charge in [-0.05, 0) is 69.0 Å². The molecule has 4 atom stereocenters. The van der Waals surface area contributed by atoms with Gasteiger partial charge in [0.05, 0.1) is 33.3 Å². The third-order valence-electron chi connectivity index (χ3n) is 10.7. The van der Waals surface area contributed by atoms with Crippen LogP contribution in [0.5, 0.6) is 23.0 Å². The summed E-state index contributed by atoms with van der Waals surface area (Å²) in [7, 11) is 4.46. The maximum Gasteiger partial charge on any atom is 0.237 e. The Morgan fingerprint density at radius 3 is 2.44 bits per heavy atom. The maximum absolute atomic E-state index is 14.8. The lowest BCUT2D eigenvalue weighted by molar-refractivity contribution is -0.120. The molecule has 2 saturated heterocycles. The monoisotopic (exact) mass is 676 g/mol. The summed E-state index contributed by atoms with van der Waals surface area (Å²) in [5.41, 5.74) is -0.515. The van der Waals surface area contributed by atoms with E-state index in [4.69, 9.17) is 35.0 Å². The van der Waals surface area contributed by atoms with Gasteiger partial charge in [-0.2, -0.15) is 0 Å². The highest BCUT2D eigenvalue weighted by molar-refractivity contribution is 6.36. The lowest BCUT2D eigenvalue weighted by Crippen LogP contribution is -2.56. The van der Waals surface area contributed by atoms with E-state index in [1.54, 1.807) is 26.2 Å². The van der Waals surface area contributed by atoms with Crippen LogP contribution in [-0.4, -0.2) is 75.0 Å². The molecule has 7 rings (SSSR count). The zero-order valence-electron chi connectivity index (χ0n) is 27.8. The van der Waals surface area contributed by atoms with E-state index >= 15 is 0 Å². The highest BCUT2D eigenvalue weighted by atomic mass is 35.5. The molecule has 4 aliphatic rings. The summed E-state index contributed by atoms with van der Waals surface area (Å²) in [6.45, 7) is 4.60. The van der Waals surface area contributed by atoms with Crippen LogP contribution in [-0.2, 0) is 17.6 Å². The summed E-state index contributed by atoms with van der Waals surface area (Å²) < 4.78 is 29.1. The minimum atomic E-state index is -1.92. The quantitative estimate of drug-likeness (QED) is 0.290. The molecule has 2 aromatic carbocycles. The first-order valence-corrected chi connectivity index (χ1v) is 17.1. The molecule has 0 radical (unpaired) electrons. The normalized spacial score (nSPS) is 24.8. The molecule has 2 fully saturated rings. The van der Waals surface area contributed by atoms with E-state index in [0.29, 0.717) is 46.9 Å². The van der Waals surface area contributed by atoms with E-state index in [1.807, 2.05) is 12.1 Å². The van der Waals surface area contributed by atoms with Gasteiger partial charge in [-0.1, -0.05) is 24.9 Å². The average molecular weight is 677 g/mol. The van der Waals surface area contributed by atoms with Crippen molar-refractivity contribution in [2.75, 3.05) is 41.0 Å². The molecule has 10 nitrogen and oxygen atoms in total. The van der Waals surface area contributed by atoms with Crippen molar-refractivity contribution in [1.29, 1.82) is 0 Å². The lowest BCUT2D eigenvalue weighted by Gasteiger charge is -2.44. The molecule has 254 valence electrons. The summed E-state index contributed by atoms with van der Waals surface area (Å²) in [5.74, 6) is 0.428. The van der Waals surface area contributed by atoms with Gasteiger partial charge < -0.3 is 33.6 Å². The van der Waals surface area contributed by atoms with Gasteiger partial charge in [0.1, 0.15) is 39.4 Å². The number of rotatable bonds is 8. The fourth-order valence-electron chi connectivity index (χ4n) is 8.26. The number of hydrogen-bond donors (Lipinski definition) is 1. The molecular weight excluding hydrogens is 636 g/mol. The number of halogens is 1. The van der Waals surface area contributed by atoms with Crippen molar-refractivity contribution in [3.05, 3.63) is 57.8 Å². The number of piperidine rings is 2. The zero-order valence-corrected chi connectivity index (χ0v) is 28.5. The molecule has 1 amide bonds. The molecule has 3 aromatic rings. The minimum absolute atomic E-state index is 0.0453. The van der Waals surface area contributed by atoms with Crippen LogP contribution in [0.3, 0.4) is 0 Å². The van der Waals surface area contributed by atoms with Crippen LogP contribution >= 0.6 is 11.6 Å². The van der Waals surface area contributed by atoms with Gasteiger partial charge in [0.25, 0.3) is 0 Å². The number of nitrogens with one attached hydrogen (secondary N) is 1.